The molecule has 1 aromatic carbocycles. The van der Waals surface area contributed by atoms with Crippen molar-refractivity contribution in [1.29, 1.82) is 0 Å². The molecule has 0 aliphatic heterocycles. The van der Waals surface area contributed by atoms with Crippen molar-refractivity contribution in [3.05, 3.63) is 35.9 Å². The van der Waals surface area contributed by atoms with Crippen LogP contribution in [0.3, 0.4) is 0 Å². The van der Waals surface area contributed by atoms with Gasteiger partial charge in [0.1, 0.15) is 12.6 Å². The third kappa shape index (κ3) is 8.18. The molecule has 3 N–H and O–H groups in total. The van der Waals surface area contributed by atoms with E-state index >= 15 is 0 Å². The van der Waals surface area contributed by atoms with Gasteiger partial charge in [-0.25, -0.2) is 4.79 Å². The summed E-state index contributed by atoms with van der Waals surface area (Å²) in [5, 5.41) is 14.3. The molecule has 0 aliphatic rings. The van der Waals surface area contributed by atoms with Crippen LogP contribution in [0.25, 0.3) is 0 Å². The minimum absolute atomic E-state index is 0.106. The maximum absolute atomic E-state index is 11.9. The number of rotatable bonds is 9. The minimum atomic E-state index is -1.02. The van der Waals surface area contributed by atoms with Crippen LogP contribution in [0.4, 0.5) is 4.79 Å². The highest BCUT2D eigenvalue weighted by molar-refractivity contribution is 5.85. The third-order valence-corrected chi connectivity index (χ3v) is 3.09. The van der Waals surface area contributed by atoms with Crippen LogP contribution in [0, 0.1) is 0 Å². The number of aliphatic hydroxyl groups is 1. The number of nitrogens with one attached hydrogen (secondary N) is 2. The molecule has 1 atom stereocenters. The fraction of sp³-hybridized carbons (Fsp3) is 0.500. The van der Waals surface area contributed by atoms with E-state index in [4.69, 9.17) is 4.74 Å². The second-order valence-electron chi connectivity index (χ2n) is 5.39. The Kier molecular flexibility index (Phi) is 8.71. The molecule has 0 spiro atoms. The Morgan fingerprint density at radius 2 is 1.96 bits per heavy atom. The van der Waals surface area contributed by atoms with Crippen LogP contribution in [0.2, 0.25) is 0 Å². The second-order valence-corrected chi connectivity index (χ2v) is 5.39. The van der Waals surface area contributed by atoms with E-state index in [2.05, 4.69) is 10.6 Å². The summed E-state index contributed by atoms with van der Waals surface area (Å²) in [6, 6.07) is 8.19. The molecule has 1 aromatic rings. The van der Waals surface area contributed by atoms with Crippen molar-refractivity contribution in [1.82, 2.24) is 15.5 Å². The Labute approximate surface area is 136 Å². The highest BCUT2D eigenvalue weighted by Gasteiger charge is 2.20. The van der Waals surface area contributed by atoms with Crippen LogP contribution in [0.1, 0.15) is 12.0 Å². The molecule has 0 fully saturated rings. The van der Waals surface area contributed by atoms with Gasteiger partial charge in [-0.15, -0.1) is 0 Å². The van der Waals surface area contributed by atoms with E-state index in [0.717, 1.165) is 18.5 Å². The zero-order valence-electron chi connectivity index (χ0n) is 13.6. The van der Waals surface area contributed by atoms with Crippen molar-refractivity contribution >= 4 is 12.0 Å². The smallest absolute Gasteiger partial charge is 0.408 e. The van der Waals surface area contributed by atoms with Crippen LogP contribution in [0.15, 0.2) is 30.3 Å². The zero-order chi connectivity index (χ0) is 17.1. The molecule has 2 amide bonds. The van der Waals surface area contributed by atoms with Crippen molar-refractivity contribution < 1.29 is 19.4 Å². The number of nitrogens with zero attached hydrogens (tertiary/aromatic N) is 1. The number of carbonyl (C=O) groups excluding carboxylic acids is 2. The van der Waals surface area contributed by atoms with Gasteiger partial charge in [0.15, 0.2) is 0 Å². The summed E-state index contributed by atoms with van der Waals surface area (Å²) in [6.07, 6.45) is 0.0476. The van der Waals surface area contributed by atoms with E-state index in [-0.39, 0.29) is 6.61 Å². The SMILES string of the molecule is CN(C)CCCNC(=O)[C@H](CO)NC(=O)OCc1ccccc1. The molecule has 23 heavy (non-hydrogen) atoms. The maximum atomic E-state index is 11.9. The topological polar surface area (TPSA) is 90.9 Å². The molecule has 0 aromatic heterocycles. The lowest BCUT2D eigenvalue weighted by molar-refractivity contribution is -0.123. The average molecular weight is 323 g/mol. The van der Waals surface area contributed by atoms with Gasteiger partial charge in [-0.05, 0) is 32.6 Å². The van der Waals surface area contributed by atoms with Gasteiger partial charge in [-0.3, -0.25) is 4.79 Å². The van der Waals surface area contributed by atoms with Crippen molar-refractivity contribution in [2.45, 2.75) is 19.1 Å². The summed E-state index contributed by atoms with van der Waals surface area (Å²) in [5.41, 5.74) is 0.844. The van der Waals surface area contributed by atoms with Gasteiger partial charge in [0.05, 0.1) is 6.61 Å². The molecule has 0 bridgehead atoms. The fourth-order valence-electron chi connectivity index (χ4n) is 1.83. The predicted molar refractivity (Wildman–Crippen MR) is 86.8 cm³/mol. The average Bonchev–Trinajstić information content (AvgIpc) is 2.55. The molecule has 0 saturated heterocycles. The van der Waals surface area contributed by atoms with Crippen molar-refractivity contribution in [3.63, 3.8) is 0 Å². The lowest BCUT2D eigenvalue weighted by Gasteiger charge is -2.16. The van der Waals surface area contributed by atoms with Crippen molar-refractivity contribution in [2.24, 2.45) is 0 Å². The Morgan fingerprint density at radius 3 is 2.57 bits per heavy atom. The maximum Gasteiger partial charge on any atom is 0.408 e. The first-order chi connectivity index (χ1) is 11.0. The lowest BCUT2D eigenvalue weighted by atomic mass is 10.2. The normalized spacial score (nSPS) is 11.8. The van der Waals surface area contributed by atoms with E-state index in [9.17, 15) is 14.7 Å². The van der Waals surface area contributed by atoms with Crippen LogP contribution in [-0.2, 0) is 16.1 Å². The van der Waals surface area contributed by atoms with E-state index in [1.807, 2.05) is 49.3 Å². The standard InChI is InChI=1S/C16H25N3O4/c1-19(2)10-6-9-17-15(21)14(11-20)18-16(22)23-12-13-7-4-3-5-8-13/h3-5,7-8,14,20H,6,9-12H2,1-2H3,(H,17,21)(H,18,22)/t14-/m0/s1. The van der Waals surface area contributed by atoms with Crippen LogP contribution < -0.4 is 10.6 Å². The fourth-order valence-corrected chi connectivity index (χ4v) is 1.83. The largest absolute Gasteiger partial charge is 0.445 e. The van der Waals surface area contributed by atoms with Crippen LogP contribution in [0.5, 0.6) is 0 Å². The van der Waals surface area contributed by atoms with Gasteiger partial charge in [-0.1, -0.05) is 30.3 Å². The Balaban J connectivity index is 2.30. The van der Waals surface area contributed by atoms with Crippen LogP contribution in [-0.4, -0.2) is 61.8 Å². The summed E-state index contributed by atoms with van der Waals surface area (Å²) < 4.78 is 5.02. The number of alkyl carbamates (subject to hydrolysis) is 1. The van der Waals surface area contributed by atoms with Gasteiger partial charge in [0, 0.05) is 6.54 Å². The first kappa shape index (κ1) is 18.9. The summed E-state index contributed by atoms with van der Waals surface area (Å²) in [6.45, 7) is 0.945. The van der Waals surface area contributed by atoms with Gasteiger partial charge >= 0.3 is 6.09 Å². The number of amides is 2. The molecule has 128 valence electrons. The number of hydrogen-bond donors (Lipinski definition) is 3. The quantitative estimate of drug-likeness (QED) is 0.570. The number of aliphatic hydroxyl groups excluding tert-OH is 1. The van der Waals surface area contributed by atoms with Crippen molar-refractivity contribution in [3.8, 4) is 0 Å². The molecule has 0 heterocycles. The highest BCUT2D eigenvalue weighted by Crippen LogP contribution is 2.00. The Bertz CT molecular complexity index is 479. The van der Waals surface area contributed by atoms with Crippen molar-refractivity contribution in [2.75, 3.05) is 33.8 Å². The van der Waals surface area contributed by atoms with Gasteiger partial charge in [0.25, 0.3) is 0 Å². The monoisotopic (exact) mass is 323 g/mol. The lowest BCUT2D eigenvalue weighted by Crippen LogP contribution is -2.49. The zero-order valence-corrected chi connectivity index (χ0v) is 13.6. The minimum Gasteiger partial charge on any atom is -0.445 e. The Morgan fingerprint density at radius 1 is 1.26 bits per heavy atom. The molecule has 7 heteroatoms. The summed E-state index contributed by atoms with van der Waals surface area (Å²) in [4.78, 5) is 25.6. The van der Waals surface area contributed by atoms with E-state index in [0.29, 0.717) is 6.54 Å². The molecular formula is C16H25N3O4. The van der Waals surface area contributed by atoms with E-state index in [1.54, 1.807) is 0 Å². The van der Waals surface area contributed by atoms with E-state index < -0.39 is 24.6 Å². The number of ether oxygens (including phenoxy) is 1. The molecule has 0 saturated carbocycles. The highest BCUT2D eigenvalue weighted by atomic mass is 16.5. The molecular weight excluding hydrogens is 298 g/mol. The first-order valence-electron chi connectivity index (χ1n) is 7.53. The third-order valence-electron chi connectivity index (χ3n) is 3.09. The summed E-state index contributed by atoms with van der Waals surface area (Å²) >= 11 is 0. The molecule has 7 nitrogen and oxygen atoms in total. The number of carbonyl (C=O) groups is 2. The summed E-state index contributed by atoms with van der Waals surface area (Å²) in [5.74, 6) is -0.428. The second kappa shape index (κ2) is 10.6. The van der Waals surface area contributed by atoms with Crippen LogP contribution >= 0.6 is 0 Å². The van der Waals surface area contributed by atoms with E-state index in [1.165, 1.54) is 0 Å². The first-order valence-corrected chi connectivity index (χ1v) is 7.53. The van der Waals surface area contributed by atoms with Gasteiger partial charge in [0.2, 0.25) is 5.91 Å². The summed E-state index contributed by atoms with van der Waals surface area (Å²) in [7, 11) is 3.89. The number of benzene rings is 1. The van der Waals surface area contributed by atoms with Gasteiger partial charge in [-0.2, -0.15) is 0 Å². The molecule has 0 unspecified atom stereocenters. The molecule has 0 radical (unpaired) electrons. The predicted octanol–water partition coefficient (Wildman–Crippen LogP) is 0.342. The van der Waals surface area contributed by atoms with Gasteiger partial charge < -0.3 is 25.4 Å². The number of hydrogen-bond acceptors (Lipinski definition) is 5. The molecule has 1 rings (SSSR count). The molecule has 0 aliphatic carbocycles. The Hall–Kier alpha value is -2.12.